The van der Waals surface area contributed by atoms with Gasteiger partial charge >= 0.3 is 0 Å². The third kappa shape index (κ3) is 4.02. The summed E-state index contributed by atoms with van der Waals surface area (Å²) in [5, 5.41) is 8.80. The fourth-order valence-corrected chi connectivity index (χ4v) is 1.86. The molecule has 0 aliphatic heterocycles. The highest BCUT2D eigenvalue weighted by Crippen LogP contribution is 2.19. The van der Waals surface area contributed by atoms with Crippen molar-refractivity contribution >= 4 is 17.6 Å². The summed E-state index contributed by atoms with van der Waals surface area (Å²) in [4.78, 5) is 14.2. The van der Waals surface area contributed by atoms with Crippen molar-refractivity contribution in [2.24, 2.45) is 5.84 Å². The lowest BCUT2D eigenvalue weighted by atomic mass is 10.2. The van der Waals surface area contributed by atoms with E-state index < -0.39 is 0 Å². The highest BCUT2D eigenvalue weighted by molar-refractivity contribution is 5.52. The van der Waals surface area contributed by atoms with Crippen LogP contribution < -0.4 is 21.9 Å². The topological polar surface area (TPSA) is 130 Å². The van der Waals surface area contributed by atoms with E-state index in [1.807, 2.05) is 17.0 Å². The molecule has 8 nitrogen and oxygen atoms in total. The molecular formula is C13H16N8. The molecule has 0 saturated heterocycles. The number of hydrogen-bond acceptors (Lipinski definition) is 8. The standard InChI is InChI=1S/C13H16N8/c14-4-2-6-21(9-10-3-1-5-17-8-10)12-7-11(20-16)18-13(15)19-12/h1,3,5,7-8H,2,6,9,16H2,(H3,15,18,19,20). The number of nitriles is 1. The molecule has 0 amide bonds. The van der Waals surface area contributed by atoms with Crippen LogP contribution in [0.4, 0.5) is 17.6 Å². The van der Waals surface area contributed by atoms with Gasteiger partial charge in [-0.05, 0) is 11.6 Å². The first-order valence-electron chi connectivity index (χ1n) is 6.35. The molecule has 2 aromatic heterocycles. The summed E-state index contributed by atoms with van der Waals surface area (Å²) in [5.74, 6) is 6.51. The van der Waals surface area contributed by atoms with Crippen LogP contribution in [-0.4, -0.2) is 21.5 Å². The van der Waals surface area contributed by atoms with Gasteiger partial charge in [0.15, 0.2) is 0 Å². The second kappa shape index (κ2) is 7.02. The van der Waals surface area contributed by atoms with E-state index in [-0.39, 0.29) is 5.95 Å². The Balaban J connectivity index is 2.27. The minimum absolute atomic E-state index is 0.119. The molecule has 5 N–H and O–H groups in total. The smallest absolute Gasteiger partial charge is 0.223 e. The van der Waals surface area contributed by atoms with Crippen molar-refractivity contribution in [2.45, 2.75) is 13.0 Å². The number of pyridine rings is 1. The average molecular weight is 284 g/mol. The lowest BCUT2D eigenvalue weighted by Gasteiger charge is -2.23. The van der Waals surface area contributed by atoms with Crippen molar-refractivity contribution in [1.29, 1.82) is 5.26 Å². The van der Waals surface area contributed by atoms with Gasteiger partial charge in [0.2, 0.25) is 5.95 Å². The minimum Gasteiger partial charge on any atom is -0.368 e. The molecule has 0 radical (unpaired) electrons. The van der Waals surface area contributed by atoms with Crippen LogP contribution in [0.15, 0.2) is 30.6 Å². The lowest BCUT2D eigenvalue weighted by Crippen LogP contribution is -2.25. The highest BCUT2D eigenvalue weighted by Gasteiger charge is 2.11. The van der Waals surface area contributed by atoms with E-state index in [2.05, 4.69) is 26.4 Å². The van der Waals surface area contributed by atoms with E-state index >= 15 is 0 Å². The molecule has 0 spiro atoms. The first kappa shape index (κ1) is 14.5. The summed E-state index contributed by atoms with van der Waals surface area (Å²) < 4.78 is 0. The molecule has 0 aliphatic rings. The van der Waals surface area contributed by atoms with Crippen molar-refractivity contribution in [1.82, 2.24) is 15.0 Å². The average Bonchev–Trinajstić information content (AvgIpc) is 2.51. The molecule has 0 atom stereocenters. The Morgan fingerprint density at radius 1 is 1.38 bits per heavy atom. The van der Waals surface area contributed by atoms with Crippen LogP contribution >= 0.6 is 0 Å². The molecule has 2 rings (SSSR count). The van der Waals surface area contributed by atoms with E-state index in [0.717, 1.165) is 5.56 Å². The third-order valence-electron chi connectivity index (χ3n) is 2.79. The van der Waals surface area contributed by atoms with Gasteiger partial charge in [0, 0.05) is 31.5 Å². The van der Waals surface area contributed by atoms with Crippen LogP contribution in [0.2, 0.25) is 0 Å². The molecule has 0 unspecified atom stereocenters. The van der Waals surface area contributed by atoms with Gasteiger partial charge in [-0.1, -0.05) is 6.07 Å². The Morgan fingerprint density at radius 3 is 2.90 bits per heavy atom. The van der Waals surface area contributed by atoms with Crippen LogP contribution in [-0.2, 0) is 6.54 Å². The Bertz CT molecular complexity index is 622. The van der Waals surface area contributed by atoms with Crippen LogP contribution in [0.5, 0.6) is 0 Å². The number of nitrogen functional groups attached to an aromatic ring is 2. The molecule has 2 aromatic rings. The first-order chi connectivity index (χ1) is 10.2. The molecular weight excluding hydrogens is 268 g/mol. The van der Waals surface area contributed by atoms with E-state index in [1.165, 1.54) is 0 Å². The van der Waals surface area contributed by atoms with E-state index in [4.69, 9.17) is 16.8 Å². The normalized spacial score (nSPS) is 9.90. The van der Waals surface area contributed by atoms with Gasteiger partial charge in [0.1, 0.15) is 11.6 Å². The SMILES string of the molecule is N#CCCN(Cc1cccnc1)c1cc(NN)nc(N)n1. The van der Waals surface area contributed by atoms with E-state index in [0.29, 0.717) is 31.1 Å². The zero-order valence-electron chi connectivity index (χ0n) is 11.4. The van der Waals surface area contributed by atoms with Crippen LogP contribution in [0.1, 0.15) is 12.0 Å². The predicted octanol–water partition coefficient (Wildman–Crippen LogP) is 0.660. The van der Waals surface area contributed by atoms with Crippen molar-refractivity contribution in [3.63, 3.8) is 0 Å². The zero-order valence-corrected chi connectivity index (χ0v) is 11.4. The maximum Gasteiger partial charge on any atom is 0.223 e. The van der Waals surface area contributed by atoms with Crippen LogP contribution in [0, 0.1) is 11.3 Å². The lowest BCUT2D eigenvalue weighted by molar-refractivity contribution is 0.779. The maximum absolute atomic E-state index is 8.80. The number of aromatic nitrogens is 3. The predicted molar refractivity (Wildman–Crippen MR) is 79.8 cm³/mol. The summed E-state index contributed by atoms with van der Waals surface area (Å²) in [5.41, 5.74) is 9.13. The fourth-order valence-electron chi connectivity index (χ4n) is 1.86. The second-order valence-electron chi connectivity index (χ2n) is 4.30. The summed E-state index contributed by atoms with van der Waals surface area (Å²) >= 11 is 0. The summed E-state index contributed by atoms with van der Waals surface area (Å²) in [6.07, 6.45) is 3.85. The Morgan fingerprint density at radius 2 is 2.24 bits per heavy atom. The molecule has 0 aromatic carbocycles. The van der Waals surface area contributed by atoms with Gasteiger partial charge in [-0.25, -0.2) is 5.84 Å². The number of nitrogens with zero attached hydrogens (tertiary/aromatic N) is 5. The first-order valence-corrected chi connectivity index (χ1v) is 6.35. The Hall–Kier alpha value is -2.92. The van der Waals surface area contributed by atoms with Gasteiger partial charge in [-0.15, -0.1) is 0 Å². The van der Waals surface area contributed by atoms with Gasteiger partial charge < -0.3 is 16.1 Å². The number of nitrogens with two attached hydrogens (primary N) is 2. The van der Waals surface area contributed by atoms with E-state index in [9.17, 15) is 0 Å². The summed E-state index contributed by atoms with van der Waals surface area (Å²) in [6.45, 7) is 1.09. The van der Waals surface area contributed by atoms with Gasteiger partial charge in [-0.3, -0.25) is 4.98 Å². The molecule has 0 fully saturated rings. The Labute approximate surface area is 122 Å². The van der Waals surface area contributed by atoms with Gasteiger partial charge in [0.25, 0.3) is 0 Å². The minimum atomic E-state index is 0.119. The third-order valence-corrected chi connectivity index (χ3v) is 2.79. The Kier molecular flexibility index (Phi) is 4.84. The van der Waals surface area contributed by atoms with Crippen molar-refractivity contribution in [3.05, 3.63) is 36.2 Å². The molecule has 108 valence electrons. The number of hydrogen-bond donors (Lipinski definition) is 3. The molecule has 8 heteroatoms. The second-order valence-corrected chi connectivity index (χ2v) is 4.30. The van der Waals surface area contributed by atoms with Gasteiger partial charge in [-0.2, -0.15) is 15.2 Å². The zero-order chi connectivity index (χ0) is 15.1. The molecule has 2 heterocycles. The summed E-state index contributed by atoms with van der Waals surface area (Å²) in [6, 6.07) is 7.63. The van der Waals surface area contributed by atoms with Crippen molar-refractivity contribution in [3.8, 4) is 6.07 Å². The van der Waals surface area contributed by atoms with Crippen LogP contribution in [0.25, 0.3) is 0 Å². The molecule has 0 bridgehead atoms. The monoisotopic (exact) mass is 284 g/mol. The number of nitrogens with one attached hydrogen (secondary N) is 1. The maximum atomic E-state index is 8.80. The van der Waals surface area contributed by atoms with Crippen molar-refractivity contribution < 1.29 is 0 Å². The fraction of sp³-hybridized carbons (Fsp3) is 0.231. The number of rotatable bonds is 6. The number of hydrazine groups is 1. The van der Waals surface area contributed by atoms with Crippen LogP contribution in [0.3, 0.4) is 0 Å². The molecule has 0 aliphatic carbocycles. The number of anilines is 3. The van der Waals surface area contributed by atoms with Crippen molar-refractivity contribution in [2.75, 3.05) is 22.6 Å². The molecule has 0 saturated carbocycles. The van der Waals surface area contributed by atoms with E-state index in [1.54, 1.807) is 18.5 Å². The quantitative estimate of drug-likeness (QED) is 0.521. The summed E-state index contributed by atoms with van der Waals surface area (Å²) in [7, 11) is 0. The van der Waals surface area contributed by atoms with Gasteiger partial charge in [0.05, 0.1) is 12.5 Å². The highest BCUT2D eigenvalue weighted by atomic mass is 15.3. The molecule has 21 heavy (non-hydrogen) atoms. The largest absolute Gasteiger partial charge is 0.368 e.